The summed E-state index contributed by atoms with van der Waals surface area (Å²) in [6.07, 6.45) is 0.326. The zero-order chi connectivity index (χ0) is 13.8. The first-order valence-electron chi connectivity index (χ1n) is 6.63. The minimum atomic E-state index is -0.393. The van der Waals surface area contributed by atoms with E-state index in [1.807, 2.05) is 50.2 Å². The molecule has 0 heterocycles. The fourth-order valence-corrected chi connectivity index (χ4v) is 2.03. The highest BCUT2D eigenvalue weighted by Crippen LogP contribution is 2.27. The van der Waals surface area contributed by atoms with Crippen molar-refractivity contribution in [3.63, 3.8) is 0 Å². The molecule has 2 rings (SSSR count). The van der Waals surface area contributed by atoms with Crippen molar-refractivity contribution >= 4 is 0 Å². The van der Waals surface area contributed by atoms with E-state index in [0.717, 1.165) is 29.0 Å². The van der Waals surface area contributed by atoms with Crippen LogP contribution in [0.2, 0.25) is 0 Å². The number of aliphatic hydroxyl groups is 1. The van der Waals surface area contributed by atoms with Gasteiger partial charge in [-0.2, -0.15) is 0 Å². The molecule has 0 aliphatic heterocycles. The molecule has 0 saturated heterocycles. The second kappa shape index (κ2) is 5.89. The van der Waals surface area contributed by atoms with Gasteiger partial charge in [-0.3, -0.25) is 0 Å². The molecule has 19 heavy (non-hydrogen) atoms. The second-order valence-electron chi connectivity index (χ2n) is 4.86. The van der Waals surface area contributed by atoms with E-state index in [4.69, 9.17) is 4.74 Å². The molecular formula is C17H20O2. The molecule has 0 aliphatic carbocycles. The molecule has 100 valence electrons. The van der Waals surface area contributed by atoms with Crippen molar-refractivity contribution in [1.29, 1.82) is 0 Å². The zero-order valence-corrected chi connectivity index (χ0v) is 11.7. The van der Waals surface area contributed by atoms with Gasteiger partial charge in [-0.15, -0.1) is 0 Å². The van der Waals surface area contributed by atoms with E-state index >= 15 is 0 Å². The minimum absolute atomic E-state index is 0.393. The van der Waals surface area contributed by atoms with Crippen molar-refractivity contribution in [3.8, 4) is 11.5 Å². The van der Waals surface area contributed by atoms with E-state index in [2.05, 4.69) is 13.0 Å². The lowest BCUT2D eigenvalue weighted by Crippen LogP contribution is -1.95. The Hall–Kier alpha value is -1.80. The quantitative estimate of drug-likeness (QED) is 0.870. The van der Waals surface area contributed by atoms with Crippen LogP contribution in [0.5, 0.6) is 11.5 Å². The van der Waals surface area contributed by atoms with Gasteiger partial charge in [0.2, 0.25) is 0 Å². The van der Waals surface area contributed by atoms with Crippen molar-refractivity contribution in [2.75, 3.05) is 0 Å². The molecule has 0 amide bonds. The predicted octanol–water partition coefficient (Wildman–Crippen LogP) is 4.54. The molecule has 2 heteroatoms. The fourth-order valence-electron chi connectivity index (χ4n) is 2.03. The van der Waals surface area contributed by atoms with Crippen molar-refractivity contribution in [2.24, 2.45) is 0 Å². The van der Waals surface area contributed by atoms with Crippen LogP contribution in [0.15, 0.2) is 42.5 Å². The van der Waals surface area contributed by atoms with Crippen LogP contribution < -0.4 is 4.74 Å². The molecule has 0 bridgehead atoms. The van der Waals surface area contributed by atoms with Gasteiger partial charge in [0.1, 0.15) is 11.5 Å². The standard InChI is InChI=1S/C17H20O2/c1-4-16(18)14-6-8-15(9-7-14)19-17-10-5-12(2)11-13(17)3/h5-11,16,18H,4H2,1-3H3. The summed E-state index contributed by atoms with van der Waals surface area (Å²) in [5.41, 5.74) is 3.28. The summed E-state index contributed by atoms with van der Waals surface area (Å²) in [4.78, 5) is 0. The summed E-state index contributed by atoms with van der Waals surface area (Å²) < 4.78 is 5.85. The number of aryl methyl sites for hydroxylation is 2. The molecule has 0 radical (unpaired) electrons. The number of hydrogen-bond acceptors (Lipinski definition) is 2. The number of rotatable bonds is 4. The molecule has 0 aliphatic rings. The summed E-state index contributed by atoms with van der Waals surface area (Å²) >= 11 is 0. The molecule has 2 aromatic rings. The molecule has 0 fully saturated rings. The van der Waals surface area contributed by atoms with Crippen LogP contribution in [0.25, 0.3) is 0 Å². The van der Waals surface area contributed by atoms with Crippen molar-refractivity contribution in [1.82, 2.24) is 0 Å². The maximum Gasteiger partial charge on any atom is 0.130 e. The van der Waals surface area contributed by atoms with Crippen LogP contribution >= 0.6 is 0 Å². The minimum Gasteiger partial charge on any atom is -0.457 e. The first kappa shape index (κ1) is 13.6. The van der Waals surface area contributed by atoms with Crippen LogP contribution in [0.1, 0.15) is 36.1 Å². The Kier molecular flexibility index (Phi) is 4.23. The summed E-state index contributed by atoms with van der Waals surface area (Å²) in [6, 6.07) is 13.7. The van der Waals surface area contributed by atoms with Crippen molar-refractivity contribution in [2.45, 2.75) is 33.3 Å². The Morgan fingerprint density at radius 1 is 1.05 bits per heavy atom. The number of ether oxygens (including phenoxy) is 1. The number of aliphatic hydroxyl groups excluding tert-OH is 1. The smallest absolute Gasteiger partial charge is 0.130 e. The second-order valence-corrected chi connectivity index (χ2v) is 4.86. The zero-order valence-electron chi connectivity index (χ0n) is 11.7. The number of hydrogen-bond donors (Lipinski definition) is 1. The average molecular weight is 256 g/mol. The molecule has 1 atom stereocenters. The lowest BCUT2D eigenvalue weighted by Gasteiger charge is -2.11. The van der Waals surface area contributed by atoms with E-state index in [1.54, 1.807) is 0 Å². The van der Waals surface area contributed by atoms with Crippen LogP contribution in [-0.2, 0) is 0 Å². The van der Waals surface area contributed by atoms with Crippen LogP contribution in [-0.4, -0.2) is 5.11 Å². The Bertz CT molecular complexity index is 544. The van der Waals surface area contributed by atoms with Crippen LogP contribution in [0, 0.1) is 13.8 Å². The van der Waals surface area contributed by atoms with Gasteiger partial charge in [0.15, 0.2) is 0 Å². The maximum absolute atomic E-state index is 9.74. The Labute approximate surface area is 114 Å². The van der Waals surface area contributed by atoms with E-state index in [1.165, 1.54) is 5.56 Å². The van der Waals surface area contributed by atoms with E-state index in [0.29, 0.717) is 0 Å². The van der Waals surface area contributed by atoms with Gasteiger partial charge in [0.25, 0.3) is 0 Å². The lowest BCUT2D eigenvalue weighted by molar-refractivity contribution is 0.173. The van der Waals surface area contributed by atoms with E-state index < -0.39 is 6.10 Å². The molecule has 0 saturated carbocycles. The molecular weight excluding hydrogens is 236 g/mol. The Balaban J connectivity index is 2.15. The van der Waals surface area contributed by atoms with Crippen LogP contribution in [0.3, 0.4) is 0 Å². The summed E-state index contributed by atoms with van der Waals surface area (Å²) in [5.74, 6) is 1.66. The lowest BCUT2D eigenvalue weighted by atomic mass is 10.1. The fraction of sp³-hybridized carbons (Fsp3) is 0.294. The van der Waals surface area contributed by atoms with Gasteiger partial charge in [-0.25, -0.2) is 0 Å². The van der Waals surface area contributed by atoms with Crippen molar-refractivity contribution in [3.05, 3.63) is 59.2 Å². The molecule has 0 aromatic heterocycles. The van der Waals surface area contributed by atoms with E-state index in [-0.39, 0.29) is 0 Å². The molecule has 1 N–H and O–H groups in total. The van der Waals surface area contributed by atoms with Gasteiger partial charge in [0, 0.05) is 0 Å². The maximum atomic E-state index is 9.74. The third-order valence-corrected chi connectivity index (χ3v) is 3.21. The van der Waals surface area contributed by atoms with Gasteiger partial charge in [-0.1, -0.05) is 36.8 Å². The topological polar surface area (TPSA) is 29.5 Å². The molecule has 0 spiro atoms. The predicted molar refractivity (Wildman–Crippen MR) is 77.7 cm³/mol. The summed E-state index contributed by atoms with van der Waals surface area (Å²) in [5, 5.41) is 9.74. The highest BCUT2D eigenvalue weighted by atomic mass is 16.5. The number of benzene rings is 2. The summed E-state index contributed by atoms with van der Waals surface area (Å²) in [7, 11) is 0. The van der Waals surface area contributed by atoms with Gasteiger partial charge >= 0.3 is 0 Å². The molecule has 2 aromatic carbocycles. The van der Waals surface area contributed by atoms with E-state index in [9.17, 15) is 5.11 Å². The summed E-state index contributed by atoms with van der Waals surface area (Å²) in [6.45, 7) is 6.07. The highest BCUT2D eigenvalue weighted by molar-refractivity contribution is 5.40. The monoisotopic (exact) mass is 256 g/mol. The largest absolute Gasteiger partial charge is 0.457 e. The van der Waals surface area contributed by atoms with Gasteiger partial charge in [-0.05, 0) is 49.6 Å². The van der Waals surface area contributed by atoms with Crippen LogP contribution in [0.4, 0.5) is 0 Å². The third kappa shape index (κ3) is 3.36. The van der Waals surface area contributed by atoms with Crippen molar-refractivity contribution < 1.29 is 9.84 Å². The first-order valence-corrected chi connectivity index (χ1v) is 6.63. The Morgan fingerprint density at radius 3 is 2.32 bits per heavy atom. The normalized spacial score (nSPS) is 12.2. The Morgan fingerprint density at radius 2 is 1.74 bits per heavy atom. The van der Waals surface area contributed by atoms with Gasteiger partial charge < -0.3 is 9.84 Å². The molecule has 2 nitrogen and oxygen atoms in total. The highest BCUT2D eigenvalue weighted by Gasteiger charge is 2.05. The third-order valence-electron chi connectivity index (χ3n) is 3.21. The SMILES string of the molecule is CCC(O)c1ccc(Oc2ccc(C)cc2C)cc1. The first-order chi connectivity index (χ1) is 9.10. The molecule has 1 unspecified atom stereocenters. The van der Waals surface area contributed by atoms with Gasteiger partial charge in [0.05, 0.1) is 6.10 Å². The average Bonchev–Trinajstić information content (AvgIpc) is 2.42.